The van der Waals surface area contributed by atoms with E-state index in [0.717, 1.165) is 18.4 Å². The molecule has 130 valence electrons. The van der Waals surface area contributed by atoms with Crippen LogP contribution in [0.1, 0.15) is 44.6 Å². The zero-order chi connectivity index (χ0) is 17.1. The number of hydrogen-bond donors (Lipinski definition) is 3. The first-order valence-corrected chi connectivity index (χ1v) is 9.86. The van der Waals surface area contributed by atoms with Crippen molar-refractivity contribution < 1.29 is 13.5 Å². The maximum absolute atomic E-state index is 11.4. The van der Waals surface area contributed by atoms with Gasteiger partial charge < -0.3 is 10.4 Å². The minimum Gasteiger partial charge on any atom is -0.394 e. The Balaban J connectivity index is 2.08. The molecule has 1 saturated carbocycles. The molecule has 0 aromatic heterocycles. The van der Waals surface area contributed by atoms with Crippen LogP contribution in [-0.2, 0) is 16.6 Å². The van der Waals surface area contributed by atoms with E-state index in [1.807, 2.05) is 6.92 Å². The van der Waals surface area contributed by atoms with Crippen LogP contribution in [0, 0.1) is 5.92 Å². The van der Waals surface area contributed by atoms with Gasteiger partial charge in [-0.15, -0.1) is 0 Å². The lowest BCUT2D eigenvalue weighted by Crippen LogP contribution is -2.52. The third kappa shape index (κ3) is 4.67. The van der Waals surface area contributed by atoms with Gasteiger partial charge in [0, 0.05) is 12.1 Å². The van der Waals surface area contributed by atoms with Gasteiger partial charge in [-0.1, -0.05) is 36.9 Å². The van der Waals surface area contributed by atoms with Crippen molar-refractivity contribution in [3.05, 3.63) is 28.8 Å². The summed E-state index contributed by atoms with van der Waals surface area (Å²) in [4.78, 5) is -0.0693. The zero-order valence-corrected chi connectivity index (χ0v) is 15.0. The van der Waals surface area contributed by atoms with Crippen molar-refractivity contribution in [2.75, 3.05) is 6.61 Å². The van der Waals surface area contributed by atoms with Crippen LogP contribution in [0.15, 0.2) is 23.1 Å². The van der Waals surface area contributed by atoms with E-state index in [1.165, 1.54) is 25.3 Å². The first-order valence-electron chi connectivity index (χ1n) is 7.93. The number of aliphatic hydroxyl groups is 1. The van der Waals surface area contributed by atoms with Crippen molar-refractivity contribution >= 4 is 21.6 Å². The topological polar surface area (TPSA) is 92.4 Å². The second kappa shape index (κ2) is 7.49. The van der Waals surface area contributed by atoms with Crippen molar-refractivity contribution in [1.82, 2.24) is 5.32 Å². The van der Waals surface area contributed by atoms with Gasteiger partial charge in [0.25, 0.3) is 0 Å². The molecule has 23 heavy (non-hydrogen) atoms. The number of halogens is 1. The van der Waals surface area contributed by atoms with Crippen LogP contribution in [0.5, 0.6) is 0 Å². The van der Waals surface area contributed by atoms with Crippen LogP contribution in [0.2, 0.25) is 5.02 Å². The normalized spacial score (nSPS) is 19.5. The van der Waals surface area contributed by atoms with Crippen molar-refractivity contribution in [2.24, 2.45) is 11.1 Å². The van der Waals surface area contributed by atoms with Crippen molar-refractivity contribution in [1.29, 1.82) is 0 Å². The van der Waals surface area contributed by atoms with Crippen LogP contribution in [0.25, 0.3) is 0 Å². The summed E-state index contributed by atoms with van der Waals surface area (Å²) >= 11 is 6.01. The molecule has 0 saturated heterocycles. The molecule has 1 aliphatic carbocycles. The zero-order valence-electron chi connectivity index (χ0n) is 13.4. The molecule has 0 radical (unpaired) electrons. The lowest BCUT2D eigenvalue weighted by molar-refractivity contribution is 0.0937. The van der Waals surface area contributed by atoms with Gasteiger partial charge in [-0.25, -0.2) is 13.6 Å². The quantitative estimate of drug-likeness (QED) is 0.726. The Kier molecular flexibility index (Phi) is 6.08. The highest BCUT2D eigenvalue weighted by molar-refractivity contribution is 7.89. The highest BCUT2D eigenvalue weighted by Crippen LogP contribution is 2.33. The second-order valence-electron chi connectivity index (χ2n) is 6.57. The number of hydrogen-bond acceptors (Lipinski definition) is 4. The SMILES string of the molecule is CC(CO)(NCc1ccc(S(N)(=O)=O)c(Cl)c1)C1CCCCC1. The molecule has 2 rings (SSSR count). The van der Waals surface area contributed by atoms with E-state index >= 15 is 0 Å². The summed E-state index contributed by atoms with van der Waals surface area (Å²) in [6.45, 7) is 2.63. The van der Waals surface area contributed by atoms with Crippen LogP contribution in [0.4, 0.5) is 0 Å². The molecule has 5 nitrogen and oxygen atoms in total. The van der Waals surface area contributed by atoms with Crippen molar-refractivity contribution in [2.45, 2.75) is 56.0 Å². The Morgan fingerprint density at radius 2 is 2.00 bits per heavy atom. The highest BCUT2D eigenvalue weighted by atomic mass is 35.5. The summed E-state index contributed by atoms with van der Waals surface area (Å²) in [6.07, 6.45) is 5.92. The van der Waals surface area contributed by atoms with E-state index in [0.29, 0.717) is 12.5 Å². The molecule has 1 aromatic rings. The van der Waals surface area contributed by atoms with Crippen LogP contribution < -0.4 is 10.5 Å². The van der Waals surface area contributed by atoms with Crippen molar-refractivity contribution in [3.63, 3.8) is 0 Å². The highest BCUT2D eigenvalue weighted by Gasteiger charge is 2.33. The minimum absolute atomic E-state index is 0.0693. The predicted molar refractivity (Wildman–Crippen MR) is 91.7 cm³/mol. The number of aliphatic hydroxyl groups excluding tert-OH is 1. The molecule has 0 spiro atoms. The maximum Gasteiger partial charge on any atom is 0.239 e. The number of rotatable bonds is 6. The van der Waals surface area contributed by atoms with Gasteiger partial charge in [0.15, 0.2) is 0 Å². The molecule has 1 unspecified atom stereocenters. The average Bonchev–Trinajstić information content (AvgIpc) is 2.52. The molecule has 0 aliphatic heterocycles. The Morgan fingerprint density at radius 3 is 2.52 bits per heavy atom. The molecule has 0 heterocycles. The number of nitrogens with two attached hydrogens (primary N) is 1. The third-order valence-corrected chi connectivity index (χ3v) is 6.23. The van der Waals surface area contributed by atoms with Gasteiger partial charge in [0.05, 0.1) is 11.6 Å². The first kappa shape index (κ1) is 18.7. The van der Waals surface area contributed by atoms with Crippen LogP contribution >= 0.6 is 11.6 Å². The summed E-state index contributed by atoms with van der Waals surface area (Å²) in [5.74, 6) is 0.445. The maximum atomic E-state index is 11.4. The van der Waals surface area contributed by atoms with Gasteiger partial charge in [-0.05, 0) is 43.4 Å². The Bertz CT molecular complexity index is 645. The summed E-state index contributed by atoms with van der Waals surface area (Å²) in [5, 5.41) is 18.5. The predicted octanol–water partition coefficient (Wildman–Crippen LogP) is 2.41. The molecule has 0 amide bonds. The van der Waals surface area contributed by atoms with Gasteiger partial charge in [-0.2, -0.15) is 0 Å². The Hall–Kier alpha value is -0.660. The first-order chi connectivity index (χ1) is 10.8. The lowest BCUT2D eigenvalue weighted by Gasteiger charge is -2.39. The fourth-order valence-corrected chi connectivity index (χ4v) is 4.37. The van der Waals surface area contributed by atoms with E-state index in [-0.39, 0.29) is 22.1 Å². The fourth-order valence-electron chi connectivity index (χ4n) is 3.26. The van der Waals surface area contributed by atoms with E-state index in [2.05, 4.69) is 5.32 Å². The smallest absolute Gasteiger partial charge is 0.239 e. The summed E-state index contributed by atoms with van der Waals surface area (Å²) in [7, 11) is -3.81. The second-order valence-corrected chi connectivity index (χ2v) is 8.51. The third-order valence-electron chi connectivity index (χ3n) is 4.83. The molecule has 1 aromatic carbocycles. The molecule has 1 aliphatic rings. The van der Waals surface area contributed by atoms with Crippen molar-refractivity contribution in [3.8, 4) is 0 Å². The lowest BCUT2D eigenvalue weighted by atomic mass is 9.76. The Labute approximate surface area is 143 Å². The average molecular weight is 361 g/mol. The van der Waals surface area contributed by atoms with Gasteiger partial charge >= 0.3 is 0 Å². The van der Waals surface area contributed by atoms with E-state index < -0.39 is 10.0 Å². The number of nitrogens with one attached hydrogen (secondary N) is 1. The monoisotopic (exact) mass is 360 g/mol. The van der Waals surface area contributed by atoms with Crippen LogP contribution in [-0.4, -0.2) is 25.7 Å². The summed E-state index contributed by atoms with van der Waals surface area (Å²) < 4.78 is 22.8. The van der Waals surface area contributed by atoms with Gasteiger partial charge in [0.2, 0.25) is 10.0 Å². The molecule has 0 bridgehead atoms. The summed E-state index contributed by atoms with van der Waals surface area (Å²) in [5.41, 5.74) is 0.517. The largest absolute Gasteiger partial charge is 0.394 e. The van der Waals surface area contributed by atoms with E-state index in [4.69, 9.17) is 16.7 Å². The number of sulfonamides is 1. The molecular weight excluding hydrogens is 336 g/mol. The molecule has 1 atom stereocenters. The van der Waals surface area contributed by atoms with E-state index in [9.17, 15) is 13.5 Å². The molecule has 7 heteroatoms. The molecule has 4 N–H and O–H groups in total. The van der Waals surface area contributed by atoms with Crippen LogP contribution in [0.3, 0.4) is 0 Å². The standard InChI is InChI=1S/C16H25ClN2O3S/c1-16(11-20,13-5-3-2-4-6-13)19-10-12-7-8-15(14(17)9-12)23(18,21)22/h7-9,13,19-20H,2-6,10-11H2,1H3,(H2,18,21,22). The fraction of sp³-hybridized carbons (Fsp3) is 0.625. The van der Waals surface area contributed by atoms with Gasteiger partial charge in [0.1, 0.15) is 4.90 Å². The van der Waals surface area contributed by atoms with E-state index in [1.54, 1.807) is 12.1 Å². The molecular formula is C16H25ClN2O3S. The summed E-state index contributed by atoms with van der Waals surface area (Å²) in [6, 6.07) is 4.72. The number of benzene rings is 1. The van der Waals surface area contributed by atoms with Gasteiger partial charge in [-0.3, -0.25) is 0 Å². The minimum atomic E-state index is -3.81. The number of primary sulfonamides is 1. The molecule has 1 fully saturated rings. The Morgan fingerprint density at radius 1 is 1.35 bits per heavy atom.